The Morgan fingerprint density at radius 1 is 1.04 bits per heavy atom. The molecule has 0 aliphatic heterocycles. The molecule has 0 radical (unpaired) electrons. The van der Waals surface area contributed by atoms with Crippen LogP contribution in [0.5, 0.6) is 0 Å². The summed E-state index contributed by atoms with van der Waals surface area (Å²) < 4.78 is 4.37. The Morgan fingerprint density at radius 3 is 2.61 bits per heavy atom. The van der Waals surface area contributed by atoms with Crippen LogP contribution in [0, 0.1) is 0 Å². The molecule has 0 amide bonds. The molecule has 0 bridgehead atoms. The molecule has 0 aliphatic carbocycles. The first-order valence-electron chi connectivity index (χ1n) is 7.19. The summed E-state index contributed by atoms with van der Waals surface area (Å²) in [7, 11) is 0. The molecule has 0 spiro atoms. The van der Waals surface area contributed by atoms with E-state index in [1.54, 1.807) is 9.25 Å². The van der Waals surface area contributed by atoms with Crippen molar-refractivity contribution in [1.82, 2.24) is 24.8 Å². The molecule has 0 aliphatic rings. The molecular formula is C16H13N5OS. The van der Waals surface area contributed by atoms with Crippen molar-refractivity contribution in [3.63, 3.8) is 0 Å². The third-order valence-corrected chi connectivity index (χ3v) is 4.71. The highest BCUT2D eigenvalue weighted by Crippen LogP contribution is 2.24. The van der Waals surface area contributed by atoms with E-state index in [2.05, 4.69) is 15.5 Å². The van der Waals surface area contributed by atoms with Crippen molar-refractivity contribution in [1.29, 1.82) is 0 Å². The average Bonchev–Trinajstić information content (AvgIpc) is 3.18. The fourth-order valence-corrected chi connectivity index (χ4v) is 3.63. The summed E-state index contributed by atoms with van der Waals surface area (Å²) in [5.41, 5.74) is 1.77. The molecule has 23 heavy (non-hydrogen) atoms. The van der Waals surface area contributed by atoms with E-state index in [-0.39, 0.29) is 10.9 Å². The highest BCUT2D eigenvalue weighted by molar-refractivity contribution is 7.16. The molecule has 2 heterocycles. The quantitative estimate of drug-likeness (QED) is 0.581. The lowest BCUT2D eigenvalue weighted by Crippen LogP contribution is -2.21. The molecule has 4 aromatic rings. The Hall–Kier alpha value is -2.80. The number of tetrazole rings is 1. The first-order valence-corrected chi connectivity index (χ1v) is 8.01. The van der Waals surface area contributed by atoms with Gasteiger partial charge in [0.05, 0.1) is 21.9 Å². The first-order chi connectivity index (χ1) is 11.3. The molecule has 4 rings (SSSR count). The predicted molar refractivity (Wildman–Crippen MR) is 89.1 cm³/mol. The van der Waals surface area contributed by atoms with Crippen LogP contribution in [-0.2, 0) is 0 Å². The van der Waals surface area contributed by atoms with Crippen LogP contribution in [0.3, 0.4) is 0 Å². The average molecular weight is 323 g/mol. The molecule has 7 heteroatoms. The van der Waals surface area contributed by atoms with E-state index in [9.17, 15) is 4.79 Å². The van der Waals surface area contributed by atoms with Gasteiger partial charge in [0.25, 0.3) is 0 Å². The minimum atomic E-state index is -0.270. The summed E-state index contributed by atoms with van der Waals surface area (Å²) in [5.74, 6) is 0.627. The number of rotatable bonds is 3. The van der Waals surface area contributed by atoms with Gasteiger partial charge in [-0.2, -0.15) is 4.68 Å². The Bertz CT molecular complexity index is 1020. The second-order valence-electron chi connectivity index (χ2n) is 5.17. The SMILES string of the molecule is CC(c1nnnn1-c1ccccc1)n1c(=O)sc2ccccc21. The summed E-state index contributed by atoms with van der Waals surface area (Å²) >= 11 is 1.24. The summed E-state index contributed by atoms with van der Waals surface area (Å²) in [6, 6.07) is 17.1. The summed E-state index contributed by atoms with van der Waals surface area (Å²) in [6.07, 6.45) is 0. The number of hydrogen-bond donors (Lipinski definition) is 0. The van der Waals surface area contributed by atoms with Crippen molar-refractivity contribution in [2.75, 3.05) is 0 Å². The highest BCUT2D eigenvalue weighted by Gasteiger charge is 2.21. The van der Waals surface area contributed by atoms with Crippen molar-refractivity contribution in [2.24, 2.45) is 0 Å². The monoisotopic (exact) mass is 323 g/mol. The number of thiazole rings is 1. The van der Waals surface area contributed by atoms with E-state index in [0.29, 0.717) is 5.82 Å². The first kappa shape index (κ1) is 13.8. The Labute approximate surface area is 135 Å². The van der Waals surface area contributed by atoms with Crippen molar-refractivity contribution in [2.45, 2.75) is 13.0 Å². The minimum Gasteiger partial charge on any atom is -0.288 e. The molecule has 2 aromatic heterocycles. The van der Waals surface area contributed by atoms with Gasteiger partial charge >= 0.3 is 4.87 Å². The number of benzene rings is 2. The molecule has 1 atom stereocenters. The largest absolute Gasteiger partial charge is 0.308 e. The van der Waals surface area contributed by atoms with Gasteiger partial charge in [0.15, 0.2) is 5.82 Å². The Kier molecular flexibility index (Phi) is 3.27. The molecule has 6 nitrogen and oxygen atoms in total. The molecule has 1 unspecified atom stereocenters. The Balaban J connectivity index is 1.87. The molecule has 0 fully saturated rings. The normalized spacial score (nSPS) is 12.6. The molecule has 0 saturated heterocycles. The van der Waals surface area contributed by atoms with Crippen molar-refractivity contribution < 1.29 is 0 Å². The second kappa shape index (κ2) is 5.44. The fourth-order valence-electron chi connectivity index (χ4n) is 2.67. The maximum atomic E-state index is 12.4. The number of hydrogen-bond acceptors (Lipinski definition) is 5. The number of para-hydroxylation sites is 2. The van der Waals surface area contributed by atoms with Gasteiger partial charge in [-0.25, -0.2) is 0 Å². The van der Waals surface area contributed by atoms with Crippen LogP contribution in [-0.4, -0.2) is 24.8 Å². The van der Waals surface area contributed by atoms with Gasteiger partial charge in [0.1, 0.15) is 0 Å². The number of nitrogens with zero attached hydrogens (tertiary/aromatic N) is 5. The van der Waals surface area contributed by atoms with E-state index < -0.39 is 0 Å². The lowest BCUT2D eigenvalue weighted by atomic mass is 10.2. The zero-order chi connectivity index (χ0) is 15.8. The maximum Gasteiger partial charge on any atom is 0.308 e. The van der Waals surface area contributed by atoms with Gasteiger partial charge in [0, 0.05) is 0 Å². The van der Waals surface area contributed by atoms with Crippen molar-refractivity contribution in [3.8, 4) is 5.69 Å². The third kappa shape index (κ3) is 2.25. The standard InChI is InChI=1S/C16H13N5OS/c1-11(20-13-9-5-6-10-14(13)23-16(20)22)15-17-18-19-21(15)12-7-3-2-4-8-12/h2-11H,1H3. The van der Waals surface area contributed by atoms with Crippen LogP contribution >= 0.6 is 11.3 Å². The summed E-state index contributed by atoms with van der Waals surface area (Å²) in [5, 5.41) is 12.0. The van der Waals surface area contributed by atoms with Crippen LogP contribution in [0.4, 0.5) is 0 Å². The van der Waals surface area contributed by atoms with Crippen LogP contribution in [0.2, 0.25) is 0 Å². The molecule has 0 N–H and O–H groups in total. The molecule has 2 aromatic carbocycles. The van der Waals surface area contributed by atoms with Gasteiger partial charge in [-0.05, 0) is 41.6 Å². The van der Waals surface area contributed by atoms with Gasteiger partial charge in [0.2, 0.25) is 0 Å². The van der Waals surface area contributed by atoms with Crippen molar-refractivity contribution in [3.05, 3.63) is 70.1 Å². The van der Waals surface area contributed by atoms with Crippen LogP contribution in [0.1, 0.15) is 18.8 Å². The zero-order valence-corrected chi connectivity index (χ0v) is 13.1. The molecule has 0 saturated carbocycles. The summed E-state index contributed by atoms with van der Waals surface area (Å²) in [4.78, 5) is 12.4. The van der Waals surface area contributed by atoms with Crippen LogP contribution in [0.15, 0.2) is 59.4 Å². The number of aromatic nitrogens is 5. The molecule has 114 valence electrons. The smallest absolute Gasteiger partial charge is 0.288 e. The van der Waals surface area contributed by atoms with Gasteiger partial charge in [-0.15, -0.1) is 5.10 Å². The van der Waals surface area contributed by atoms with E-state index in [0.717, 1.165) is 15.9 Å². The van der Waals surface area contributed by atoms with E-state index in [1.807, 2.05) is 61.5 Å². The summed E-state index contributed by atoms with van der Waals surface area (Å²) in [6.45, 7) is 1.94. The van der Waals surface area contributed by atoms with Gasteiger partial charge in [-0.1, -0.05) is 41.7 Å². The predicted octanol–water partition coefficient (Wildman–Crippen LogP) is 2.65. The second-order valence-corrected chi connectivity index (χ2v) is 6.16. The van der Waals surface area contributed by atoms with Crippen LogP contribution < -0.4 is 4.87 Å². The minimum absolute atomic E-state index is 0.0127. The Morgan fingerprint density at radius 2 is 1.78 bits per heavy atom. The van der Waals surface area contributed by atoms with Gasteiger partial charge < -0.3 is 0 Å². The maximum absolute atomic E-state index is 12.4. The van der Waals surface area contributed by atoms with Crippen LogP contribution in [0.25, 0.3) is 15.9 Å². The molecular weight excluding hydrogens is 310 g/mol. The van der Waals surface area contributed by atoms with E-state index in [4.69, 9.17) is 0 Å². The van der Waals surface area contributed by atoms with Crippen molar-refractivity contribution >= 4 is 21.6 Å². The zero-order valence-electron chi connectivity index (χ0n) is 12.3. The fraction of sp³-hybridized carbons (Fsp3) is 0.125. The third-order valence-electron chi connectivity index (χ3n) is 3.77. The van der Waals surface area contributed by atoms with Gasteiger partial charge in [-0.3, -0.25) is 9.36 Å². The van der Waals surface area contributed by atoms with E-state index in [1.165, 1.54) is 11.3 Å². The number of fused-ring (bicyclic) bond motifs is 1. The lowest BCUT2D eigenvalue weighted by Gasteiger charge is -2.13. The van der Waals surface area contributed by atoms with E-state index >= 15 is 0 Å². The highest BCUT2D eigenvalue weighted by atomic mass is 32.1. The lowest BCUT2D eigenvalue weighted by molar-refractivity contribution is 0.587. The topological polar surface area (TPSA) is 65.6 Å².